The summed E-state index contributed by atoms with van der Waals surface area (Å²) < 4.78 is 9.48. The fraction of sp³-hybridized carbons (Fsp3) is 0.900. The van der Waals surface area contributed by atoms with Gasteiger partial charge in [0.25, 0.3) is 0 Å². The molecule has 0 rings (SSSR count). The molecule has 3 heteroatoms. The summed E-state index contributed by atoms with van der Waals surface area (Å²) in [6.45, 7) is 9.64. The van der Waals surface area contributed by atoms with Crippen molar-refractivity contribution < 1.29 is 14.3 Å². The molecule has 0 bridgehead atoms. The van der Waals surface area contributed by atoms with Gasteiger partial charge in [0.1, 0.15) is 0 Å². The average molecular weight is 190 g/mol. The minimum atomic E-state index is -0.211. The molecule has 0 atom stereocenters. The molecule has 0 saturated heterocycles. The van der Waals surface area contributed by atoms with Crippen LogP contribution in [0.25, 0.3) is 0 Å². The average Bonchev–Trinajstić information content (AvgIpc) is 2.06. The predicted octanol–water partition coefficient (Wildman–Crippen LogP) is 2.39. The normalized spacial score (nSPS) is 8.62. The van der Waals surface area contributed by atoms with Crippen LogP contribution in [-0.2, 0) is 14.3 Å². The smallest absolute Gasteiger partial charge is 0.302 e. The molecule has 0 unspecified atom stereocenters. The van der Waals surface area contributed by atoms with E-state index in [-0.39, 0.29) is 5.97 Å². The zero-order valence-corrected chi connectivity index (χ0v) is 9.26. The summed E-state index contributed by atoms with van der Waals surface area (Å²) in [6, 6.07) is 0. The highest BCUT2D eigenvalue weighted by atomic mass is 16.5. The van der Waals surface area contributed by atoms with Crippen molar-refractivity contribution in [1.29, 1.82) is 0 Å². The third-order valence-corrected chi connectivity index (χ3v) is 1.19. The summed E-state index contributed by atoms with van der Waals surface area (Å²) in [6.07, 6.45) is 2.44. The molecule has 0 fully saturated rings. The van der Waals surface area contributed by atoms with Crippen molar-refractivity contribution in [1.82, 2.24) is 0 Å². The van der Waals surface area contributed by atoms with Gasteiger partial charge in [-0.2, -0.15) is 0 Å². The summed E-state index contributed by atoms with van der Waals surface area (Å²) in [5.74, 6) is -0.211. The Morgan fingerprint density at radius 3 is 2.00 bits per heavy atom. The van der Waals surface area contributed by atoms with Crippen molar-refractivity contribution >= 4 is 5.97 Å². The molecule has 0 radical (unpaired) electrons. The number of esters is 1. The largest absolute Gasteiger partial charge is 0.466 e. The van der Waals surface area contributed by atoms with Gasteiger partial charge in [-0.05, 0) is 20.3 Å². The lowest BCUT2D eigenvalue weighted by Gasteiger charge is -1.94. The number of hydrogen-bond donors (Lipinski definition) is 0. The second-order valence-corrected chi connectivity index (χ2v) is 2.48. The Bertz CT molecular complexity index is 98.3. The molecule has 0 aliphatic heterocycles. The monoisotopic (exact) mass is 190 g/mol. The molecule has 3 nitrogen and oxygen atoms in total. The Hall–Kier alpha value is -0.570. The van der Waals surface area contributed by atoms with Gasteiger partial charge in [0.05, 0.1) is 6.61 Å². The lowest BCUT2D eigenvalue weighted by molar-refractivity contribution is -0.140. The van der Waals surface area contributed by atoms with Crippen LogP contribution in [0.5, 0.6) is 0 Å². The van der Waals surface area contributed by atoms with E-state index in [0.717, 1.165) is 13.2 Å². The van der Waals surface area contributed by atoms with E-state index in [1.807, 2.05) is 6.92 Å². The van der Waals surface area contributed by atoms with Crippen LogP contribution >= 0.6 is 0 Å². The maximum atomic E-state index is 9.82. The third kappa shape index (κ3) is 24.6. The molecule has 0 spiro atoms. The Morgan fingerprint density at radius 1 is 1.15 bits per heavy atom. The maximum absolute atomic E-state index is 9.82. The number of carbonyl (C=O) groups excluding carboxylic acids is 1. The molecular formula is C10H22O3. The number of rotatable bonds is 5. The quantitative estimate of drug-likeness (QED) is 0.493. The van der Waals surface area contributed by atoms with E-state index in [4.69, 9.17) is 4.74 Å². The zero-order chi connectivity index (χ0) is 10.5. The molecule has 0 aromatic heterocycles. The SMILES string of the molecule is CCCCOCC.CCOC(C)=O. The first kappa shape index (κ1) is 14.9. The lowest BCUT2D eigenvalue weighted by atomic mass is 10.4. The topological polar surface area (TPSA) is 35.5 Å². The van der Waals surface area contributed by atoms with Crippen LogP contribution in [0.15, 0.2) is 0 Å². The van der Waals surface area contributed by atoms with Crippen LogP contribution in [0.1, 0.15) is 40.5 Å². The highest BCUT2D eigenvalue weighted by Gasteiger charge is 1.81. The first-order valence-corrected chi connectivity index (χ1v) is 4.90. The lowest BCUT2D eigenvalue weighted by Crippen LogP contribution is -1.95. The summed E-state index contributed by atoms with van der Waals surface area (Å²) >= 11 is 0. The van der Waals surface area contributed by atoms with Crippen LogP contribution in [0.3, 0.4) is 0 Å². The molecule has 0 saturated carbocycles. The molecule has 13 heavy (non-hydrogen) atoms. The van der Waals surface area contributed by atoms with E-state index >= 15 is 0 Å². The van der Waals surface area contributed by atoms with Gasteiger partial charge in [0, 0.05) is 20.1 Å². The molecular weight excluding hydrogens is 168 g/mol. The zero-order valence-electron chi connectivity index (χ0n) is 9.26. The van der Waals surface area contributed by atoms with E-state index in [1.54, 1.807) is 6.92 Å². The number of ether oxygens (including phenoxy) is 2. The van der Waals surface area contributed by atoms with Crippen molar-refractivity contribution in [3.05, 3.63) is 0 Å². The first-order valence-electron chi connectivity index (χ1n) is 4.90. The third-order valence-electron chi connectivity index (χ3n) is 1.19. The number of carbonyl (C=O) groups is 1. The fourth-order valence-corrected chi connectivity index (χ4v) is 0.594. The molecule has 0 aromatic carbocycles. The van der Waals surface area contributed by atoms with Gasteiger partial charge in [0.15, 0.2) is 0 Å². The summed E-state index contributed by atoms with van der Waals surface area (Å²) in [7, 11) is 0. The van der Waals surface area contributed by atoms with Crippen LogP contribution in [-0.4, -0.2) is 25.8 Å². The molecule has 0 amide bonds. The number of unbranched alkanes of at least 4 members (excludes halogenated alkanes) is 1. The highest BCUT2D eigenvalue weighted by molar-refractivity contribution is 5.65. The fourth-order valence-electron chi connectivity index (χ4n) is 0.594. The van der Waals surface area contributed by atoms with Gasteiger partial charge in [0.2, 0.25) is 0 Å². The van der Waals surface area contributed by atoms with Crippen LogP contribution in [0.2, 0.25) is 0 Å². The van der Waals surface area contributed by atoms with Gasteiger partial charge in [-0.25, -0.2) is 0 Å². The first-order chi connectivity index (χ1) is 6.18. The summed E-state index contributed by atoms with van der Waals surface area (Å²) in [4.78, 5) is 9.82. The Balaban J connectivity index is 0. The Kier molecular flexibility index (Phi) is 16.1. The second-order valence-electron chi connectivity index (χ2n) is 2.48. The van der Waals surface area contributed by atoms with Crippen LogP contribution in [0.4, 0.5) is 0 Å². The standard InChI is InChI=1S/C6H14O.C4H8O2/c1-3-5-6-7-4-2;1-3-6-4(2)5/h3-6H2,1-2H3;3H2,1-2H3. The van der Waals surface area contributed by atoms with E-state index < -0.39 is 0 Å². The molecule has 0 aliphatic carbocycles. The van der Waals surface area contributed by atoms with Crippen molar-refractivity contribution in [2.75, 3.05) is 19.8 Å². The molecule has 0 heterocycles. The highest BCUT2D eigenvalue weighted by Crippen LogP contribution is 1.85. The Morgan fingerprint density at radius 2 is 1.77 bits per heavy atom. The van der Waals surface area contributed by atoms with Gasteiger partial charge < -0.3 is 9.47 Å². The van der Waals surface area contributed by atoms with Crippen molar-refractivity contribution in [3.8, 4) is 0 Å². The van der Waals surface area contributed by atoms with Crippen LogP contribution < -0.4 is 0 Å². The second kappa shape index (κ2) is 14.0. The summed E-state index contributed by atoms with van der Waals surface area (Å²) in [5, 5.41) is 0. The molecule has 80 valence electrons. The maximum Gasteiger partial charge on any atom is 0.302 e. The van der Waals surface area contributed by atoms with Crippen molar-refractivity contribution in [3.63, 3.8) is 0 Å². The van der Waals surface area contributed by atoms with Crippen LogP contribution in [0, 0.1) is 0 Å². The Labute approximate surface area is 81.4 Å². The van der Waals surface area contributed by atoms with Gasteiger partial charge >= 0.3 is 5.97 Å². The minimum Gasteiger partial charge on any atom is -0.466 e. The van der Waals surface area contributed by atoms with Gasteiger partial charge in [-0.3, -0.25) is 4.79 Å². The van der Waals surface area contributed by atoms with Crippen molar-refractivity contribution in [2.24, 2.45) is 0 Å². The van der Waals surface area contributed by atoms with E-state index in [1.165, 1.54) is 19.8 Å². The van der Waals surface area contributed by atoms with Gasteiger partial charge in [-0.15, -0.1) is 0 Å². The molecule has 0 aromatic rings. The van der Waals surface area contributed by atoms with E-state index in [0.29, 0.717) is 6.61 Å². The molecule has 0 aliphatic rings. The van der Waals surface area contributed by atoms with Crippen molar-refractivity contribution in [2.45, 2.75) is 40.5 Å². The van der Waals surface area contributed by atoms with Gasteiger partial charge in [-0.1, -0.05) is 13.3 Å². The predicted molar refractivity (Wildman–Crippen MR) is 53.7 cm³/mol. The molecule has 0 N–H and O–H groups in total. The number of hydrogen-bond acceptors (Lipinski definition) is 3. The minimum absolute atomic E-state index is 0.211. The van der Waals surface area contributed by atoms with E-state index in [9.17, 15) is 4.79 Å². The van der Waals surface area contributed by atoms with E-state index in [2.05, 4.69) is 11.7 Å². The summed E-state index contributed by atoms with van der Waals surface area (Å²) in [5.41, 5.74) is 0.